The van der Waals surface area contributed by atoms with Crippen LogP contribution in [0.1, 0.15) is 41.3 Å². The van der Waals surface area contributed by atoms with Crippen LogP contribution in [0.2, 0.25) is 0 Å². The number of carbonyl (C=O) groups is 1. The number of amides is 1. The van der Waals surface area contributed by atoms with Crippen LogP contribution in [-0.2, 0) is 4.79 Å². The highest BCUT2D eigenvalue weighted by atomic mass is 32.2. The van der Waals surface area contributed by atoms with Gasteiger partial charge in [0.25, 0.3) is 5.91 Å². The molecule has 5 nitrogen and oxygen atoms in total. The zero-order valence-electron chi connectivity index (χ0n) is 19.2. The monoisotopic (exact) mass is 490 g/mol. The molecule has 1 heterocycles. The fourth-order valence-corrected chi connectivity index (χ4v) is 4.90. The summed E-state index contributed by atoms with van der Waals surface area (Å²) in [6.07, 6.45) is 1.91. The van der Waals surface area contributed by atoms with Crippen LogP contribution < -0.4 is 20.1 Å². The minimum atomic E-state index is -0.162. The maximum atomic E-state index is 12.3. The Hall–Kier alpha value is -3.13. The summed E-state index contributed by atoms with van der Waals surface area (Å²) in [6.45, 7) is 2.14. The van der Waals surface area contributed by atoms with Crippen molar-refractivity contribution >= 4 is 40.3 Å². The average molecular weight is 491 g/mol. The first-order chi connectivity index (χ1) is 16.5. The van der Waals surface area contributed by atoms with Gasteiger partial charge in [-0.1, -0.05) is 72.5 Å². The summed E-state index contributed by atoms with van der Waals surface area (Å²) in [4.78, 5) is 12.9. The topological polar surface area (TPSA) is 59.6 Å². The zero-order valence-corrected chi connectivity index (χ0v) is 20.8. The molecule has 3 aromatic rings. The number of benzene rings is 3. The Balaban J connectivity index is 1.73. The first-order valence-corrected chi connectivity index (χ1v) is 12.1. The van der Waals surface area contributed by atoms with E-state index >= 15 is 0 Å². The second-order valence-corrected chi connectivity index (χ2v) is 9.57. The Bertz CT molecular complexity index is 1210. The van der Waals surface area contributed by atoms with Crippen molar-refractivity contribution in [1.29, 1.82) is 0 Å². The van der Waals surface area contributed by atoms with Crippen LogP contribution in [0.25, 0.3) is 6.08 Å². The largest absolute Gasteiger partial charge is 0.497 e. The maximum Gasteiger partial charge on any atom is 0.263 e. The molecule has 1 saturated heterocycles. The van der Waals surface area contributed by atoms with Crippen LogP contribution in [0, 0.1) is 0 Å². The van der Waals surface area contributed by atoms with E-state index in [1.165, 1.54) is 11.8 Å². The quantitative estimate of drug-likeness (QED) is 0.315. The highest BCUT2D eigenvalue weighted by Crippen LogP contribution is 2.33. The molecule has 4 rings (SSSR count). The lowest BCUT2D eigenvalue weighted by molar-refractivity contribution is -0.115. The summed E-state index contributed by atoms with van der Waals surface area (Å²) < 4.78 is 11.1. The van der Waals surface area contributed by atoms with E-state index in [-0.39, 0.29) is 18.0 Å². The minimum absolute atomic E-state index is 0.0513. The van der Waals surface area contributed by atoms with Crippen LogP contribution in [0.4, 0.5) is 0 Å². The van der Waals surface area contributed by atoms with Crippen molar-refractivity contribution in [1.82, 2.24) is 10.6 Å². The molecule has 0 saturated carbocycles. The van der Waals surface area contributed by atoms with E-state index in [2.05, 4.69) is 47.9 Å². The van der Waals surface area contributed by atoms with Crippen molar-refractivity contribution in [3.8, 4) is 11.5 Å². The number of thiocarbonyl (C=S) groups is 1. The number of rotatable bonds is 8. The molecule has 1 aliphatic heterocycles. The first-order valence-electron chi connectivity index (χ1n) is 10.9. The van der Waals surface area contributed by atoms with Gasteiger partial charge in [-0.15, -0.1) is 0 Å². The number of methoxy groups -OCH3 is 2. The molecule has 2 unspecified atom stereocenters. The second-order valence-electron chi connectivity index (χ2n) is 7.85. The average Bonchev–Trinajstić information content (AvgIpc) is 3.19. The highest BCUT2D eigenvalue weighted by Gasteiger charge is 2.24. The molecule has 1 fully saturated rings. The Morgan fingerprint density at radius 3 is 2.06 bits per heavy atom. The Morgan fingerprint density at radius 1 is 0.912 bits per heavy atom. The Kier molecular flexibility index (Phi) is 7.67. The standard InChI is InChI=1S/C27H26N2O3S2/c1-17(18-8-12-21(31-2)13-9-18)28-25(19-10-14-22(32-3)15-11-19)23-7-5-4-6-20(23)16-24-26(30)29-27(33)34-24/h4-17,25,28H,1-3H3,(H,29,30,33)/b24-16+. The Labute approximate surface area is 209 Å². The molecule has 2 atom stereocenters. The fourth-order valence-electron chi connectivity index (χ4n) is 3.87. The number of carbonyl (C=O) groups excluding carboxylic acids is 1. The van der Waals surface area contributed by atoms with Crippen LogP contribution in [0.5, 0.6) is 11.5 Å². The molecule has 3 aromatic carbocycles. The fraction of sp³-hybridized carbons (Fsp3) is 0.185. The molecular weight excluding hydrogens is 464 g/mol. The van der Waals surface area contributed by atoms with Crippen molar-refractivity contribution in [3.63, 3.8) is 0 Å². The van der Waals surface area contributed by atoms with Gasteiger partial charge in [0.2, 0.25) is 0 Å². The molecule has 174 valence electrons. The van der Waals surface area contributed by atoms with Gasteiger partial charge in [0.1, 0.15) is 15.8 Å². The summed E-state index contributed by atoms with van der Waals surface area (Å²) in [5.41, 5.74) is 4.25. The molecular formula is C27H26N2O3S2. The summed E-state index contributed by atoms with van der Waals surface area (Å²) in [5.74, 6) is 1.46. The van der Waals surface area contributed by atoms with E-state index in [1.807, 2.05) is 48.5 Å². The van der Waals surface area contributed by atoms with E-state index in [1.54, 1.807) is 14.2 Å². The van der Waals surface area contributed by atoms with E-state index < -0.39 is 0 Å². The minimum Gasteiger partial charge on any atom is -0.497 e. The molecule has 0 aliphatic carbocycles. The van der Waals surface area contributed by atoms with Crippen LogP contribution in [0.15, 0.2) is 77.7 Å². The second kappa shape index (κ2) is 10.9. The van der Waals surface area contributed by atoms with Gasteiger partial charge in [0.05, 0.1) is 25.2 Å². The molecule has 0 radical (unpaired) electrons. The molecule has 0 bridgehead atoms. The Morgan fingerprint density at radius 2 is 1.50 bits per heavy atom. The van der Waals surface area contributed by atoms with Gasteiger partial charge in [0, 0.05) is 6.04 Å². The number of hydrogen-bond acceptors (Lipinski definition) is 6. The van der Waals surface area contributed by atoms with Crippen molar-refractivity contribution in [2.24, 2.45) is 0 Å². The van der Waals surface area contributed by atoms with Gasteiger partial charge >= 0.3 is 0 Å². The third-order valence-electron chi connectivity index (χ3n) is 5.72. The summed E-state index contributed by atoms with van der Waals surface area (Å²) >= 11 is 6.45. The van der Waals surface area contributed by atoms with Crippen LogP contribution in [-0.4, -0.2) is 24.4 Å². The van der Waals surface area contributed by atoms with E-state index in [0.29, 0.717) is 9.23 Å². The highest BCUT2D eigenvalue weighted by molar-refractivity contribution is 8.26. The van der Waals surface area contributed by atoms with Crippen molar-refractivity contribution in [2.45, 2.75) is 19.0 Å². The lowest BCUT2D eigenvalue weighted by Gasteiger charge is -2.26. The SMILES string of the molecule is COc1ccc(C(C)NC(c2ccc(OC)cc2)c2ccccc2/C=C2/SC(=S)NC2=O)cc1. The van der Waals surface area contributed by atoms with Crippen molar-refractivity contribution in [3.05, 3.63) is 100.0 Å². The number of ether oxygens (including phenoxy) is 2. The summed E-state index contributed by atoms with van der Waals surface area (Å²) in [5, 5.41) is 6.47. The van der Waals surface area contributed by atoms with E-state index in [4.69, 9.17) is 21.7 Å². The first kappa shape index (κ1) is 24.0. The summed E-state index contributed by atoms with van der Waals surface area (Å²) in [7, 11) is 3.32. The molecule has 34 heavy (non-hydrogen) atoms. The molecule has 0 spiro atoms. The zero-order chi connectivity index (χ0) is 24.1. The predicted octanol–water partition coefficient (Wildman–Crippen LogP) is 5.63. The molecule has 1 aliphatic rings. The number of nitrogens with one attached hydrogen (secondary N) is 2. The van der Waals surface area contributed by atoms with Gasteiger partial charge < -0.3 is 14.8 Å². The molecule has 7 heteroatoms. The number of thioether (sulfide) groups is 1. The molecule has 1 amide bonds. The lowest BCUT2D eigenvalue weighted by Crippen LogP contribution is -2.26. The smallest absolute Gasteiger partial charge is 0.263 e. The van der Waals surface area contributed by atoms with Crippen LogP contribution in [0.3, 0.4) is 0 Å². The third kappa shape index (κ3) is 5.50. The van der Waals surface area contributed by atoms with E-state index in [9.17, 15) is 4.79 Å². The van der Waals surface area contributed by atoms with Crippen molar-refractivity contribution in [2.75, 3.05) is 14.2 Å². The van der Waals surface area contributed by atoms with E-state index in [0.717, 1.165) is 33.8 Å². The third-order valence-corrected chi connectivity index (χ3v) is 6.88. The van der Waals surface area contributed by atoms with Gasteiger partial charge in [-0.3, -0.25) is 10.1 Å². The van der Waals surface area contributed by atoms with Gasteiger partial charge in [-0.2, -0.15) is 0 Å². The molecule has 2 N–H and O–H groups in total. The van der Waals surface area contributed by atoms with Gasteiger partial charge in [0.15, 0.2) is 0 Å². The van der Waals surface area contributed by atoms with Crippen molar-refractivity contribution < 1.29 is 14.3 Å². The van der Waals surface area contributed by atoms with Crippen LogP contribution >= 0.6 is 24.0 Å². The predicted molar refractivity (Wildman–Crippen MR) is 142 cm³/mol. The molecule has 0 aromatic heterocycles. The number of hydrogen-bond donors (Lipinski definition) is 2. The normalized spacial score (nSPS) is 16.3. The maximum absolute atomic E-state index is 12.3. The lowest BCUT2D eigenvalue weighted by atomic mass is 9.92. The van der Waals surface area contributed by atoms with Gasteiger partial charge in [-0.05, 0) is 59.5 Å². The van der Waals surface area contributed by atoms with Gasteiger partial charge in [-0.25, -0.2) is 0 Å². The summed E-state index contributed by atoms with van der Waals surface area (Å²) in [6, 6.07) is 24.1.